The van der Waals surface area contributed by atoms with Gasteiger partial charge in [0.1, 0.15) is 23.1 Å². The highest BCUT2D eigenvalue weighted by atomic mass is 35.5. The van der Waals surface area contributed by atoms with Crippen LogP contribution in [0.3, 0.4) is 0 Å². The summed E-state index contributed by atoms with van der Waals surface area (Å²) in [6, 6.07) is 16.1. The van der Waals surface area contributed by atoms with Crippen LogP contribution >= 0.6 is 11.6 Å². The first-order valence-corrected chi connectivity index (χ1v) is 10.7. The molecule has 7 heteroatoms. The molecule has 0 aromatic heterocycles. The molecule has 3 N–H and O–H groups in total. The van der Waals surface area contributed by atoms with E-state index in [-0.39, 0.29) is 5.82 Å². The van der Waals surface area contributed by atoms with Crippen molar-refractivity contribution in [2.24, 2.45) is 5.73 Å². The molecule has 3 aromatic carbocycles. The van der Waals surface area contributed by atoms with Crippen LogP contribution in [0.15, 0.2) is 60.7 Å². The second-order valence-corrected chi connectivity index (χ2v) is 8.70. The summed E-state index contributed by atoms with van der Waals surface area (Å²) >= 11 is 6.16. The molecule has 166 valence electrons. The fourth-order valence-corrected chi connectivity index (χ4v) is 5.52. The average Bonchev–Trinajstić information content (AvgIpc) is 3.19. The van der Waals surface area contributed by atoms with E-state index in [0.29, 0.717) is 45.4 Å². The van der Waals surface area contributed by atoms with E-state index in [9.17, 15) is 9.50 Å². The fraction of sp³-hybridized carbons (Fsp3) is 0.280. The molecule has 5 nitrogen and oxygen atoms in total. The van der Waals surface area contributed by atoms with Crippen molar-refractivity contribution in [2.75, 3.05) is 14.2 Å². The zero-order valence-corrected chi connectivity index (χ0v) is 18.4. The van der Waals surface area contributed by atoms with Crippen LogP contribution in [-0.2, 0) is 11.2 Å². The van der Waals surface area contributed by atoms with Crippen molar-refractivity contribution in [1.82, 2.24) is 0 Å². The second kappa shape index (κ2) is 7.37. The number of hydrogen-bond acceptors (Lipinski definition) is 5. The van der Waals surface area contributed by atoms with Crippen molar-refractivity contribution >= 4 is 11.6 Å². The normalized spacial score (nSPS) is 28.1. The Kier molecular flexibility index (Phi) is 4.85. The highest BCUT2D eigenvalue weighted by molar-refractivity contribution is 6.30. The number of rotatable bonds is 4. The number of nitrogens with two attached hydrogens (primary N) is 1. The molecule has 2 aliphatic rings. The first-order chi connectivity index (χ1) is 15.3. The van der Waals surface area contributed by atoms with E-state index in [1.807, 2.05) is 18.2 Å². The van der Waals surface area contributed by atoms with Gasteiger partial charge in [0.2, 0.25) is 0 Å². The Balaban J connectivity index is 1.82. The molecule has 32 heavy (non-hydrogen) atoms. The van der Waals surface area contributed by atoms with Crippen LogP contribution < -0.4 is 19.9 Å². The molecule has 4 atom stereocenters. The summed E-state index contributed by atoms with van der Waals surface area (Å²) in [5, 5.41) is 13.0. The lowest BCUT2D eigenvalue weighted by atomic mass is 9.71. The SMILES string of the molecule is COc1cc(OC)c2c(c1)OC1(c3ccc(Cl)cc3)C(c3cccc(F)c3)CC(N)C21O. The Morgan fingerprint density at radius 1 is 1.09 bits per heavy atom. The van der Waals surface area contributed by atoms with E-state index in [4.69, 9.17) is 31.5 Å². The maximum Gasteiger partial charge on any atom is 0.175 e. The van der Waals surface area contributed by atoms with Gasteiger partial charge in [-0.05, 0) is 41.8 Å². The number of fused-ring (bicyclic) bond motifs is 3. The van der Waals surface area contributed by atoms with Gasteiger partial charge in [0.15, 0.2) is 11.2 Å². The van der Waals surface area contributed by atoms with E-state index >= 15 is 0 Å². The molecule has 0 spiro atoms. The predicted octanol–water partition coefficient (Wildman–Crippen LogP) is 4.49. The van der Waals surface area contributed by atoms with E-state index in [2.05, 4.69) is 0 Å². The van der Waals surface area contributed by atoms with Gasteiger partial charge in [0.05, 0.1) is 19.8 Å². The lowest BCUT2D eigenvalue weighted by Crippen LogP contribution is -2.54. The Hall–Kier alpha value is -2.80. The Labute approximate surface area is 190 Å². The van der Waals surface area contributed by atoms with Crippen LogP contribution in [0, 0.1) is 5.82 Å². The first kappa shape index (κ1) is 21.1. The molecule has 1 aliphatic carbocycles. The molecule has 0 radical (unpaired) electrons. The van der Waals surface area contributed by atoms with Crippen molar-refractivity contribution in [3.8, 4) is 17.2 Å². The molecular formula is C25H23ClFNO4. The lowest BCUT2D eigenvalue weighted by molar-refractivity contribution is -0.113. The molecule has 0 bridgehead atoms. The topological polar surface area (TPSA) is 73.9 Å². The van der Waals surface area contributed by atoms with Crippen LogP contribution in [0.2, 0.25) is 5.02 Å². The summed E-state index contributed by atoms with van der Waals surface area (Å²) in [5.41, 5.74) is 5.50. The van der Waals surface area contributed by atoms with Crippen molar-refractivity contribution in [1.29, 1.82) is 0 Å². The number of benzene rings is 3. The largest absolute Gasteiger partial charge is 0.496 e. The number of aliphatic hydroxyl groups is 1. The third-order valence-corrected chi connectivity index (χ3v) is 7.01. The van der Waals surface area contributed by atoms with Gasteiger partial charge in [-0.1, -0.05) is 35.9 Å². The number of halogens is 2. The van der Waals surface area contributed by atoms with Crippen LogP contribution in [0.5, 0.6) is 17.2 Å². The van der Waals surface area contributed by atoms with E-state index in [1.165, 1.54) is 19.2 Å². The van der Waals surface area contributed by atoms with Crippen molar-refractivity contribution in [2.45, 2.75) is 29.6 Å². The van der Waals surface area contributed by atoms with Crippen LogP contribution in [0.25, 0.3) is 0 Å². The number of methoxy groups -OCH3 is 2. The molecule has 0 saturated heterocycles. The van der Waals surface area contributed by atoms with Crippen LogP contribution in [-0.4, -0.2) is 25.4 Å². The summed E-state index contributed by atoms with van der Waals surface area (Å²) in [6.45, 7) is 0. The molecule has 1 saturated carbocycles. The van der Waals surface area contributed by atoms with Gasteiger partial charge in [-0.15, -0.1) is 0 Å². The first-order valence-electron chi connectivity index (χ1n) is 10.3. The minimum Gasteiger partial charge on any atom is -0.496 e. The molecule has 3 aromatic rings. The van der Waals surface area contributed by atoms with E-state index in [1.54, 1.807) is 37.4 Å². The molecule has 0 amide bonds. The van der Waals surface area contributed by atoms with Crippen LogP contribution in [0.4, 0.5) is 4.39 Å². The summed E-state index contributed by atoms with van der Waals surface area (Å²) in [4.78, 5) is 0. The van der Waals surface area contributed by atoms with Gasteiger partial charge < -0.3 is 25.1 Å². The maximum absolute atomic E-state index is 14.2. The molecule has 1 heterocycles. The second-order valence-electron chi connectivity index (χ2n) is 8.26. The third kappa shape index (κ3) is 2.70. The Morgan fingerprint density at radius 3 is 2.50 bits per heavy atom. The summed E-state index contributed by atoms with van der Waals surface area (Å²) < 4.78 is 31.9. The molecular weight excluding hydrogens is 433 g/mol. The highest BCUT2D eigenvalue weighted by Crippen LogP contribution is 2.68. The fourth-order valence-electron chi connectivity index (χ4n) is 5.40. The van der Waals surface area contributed by atoms with E-state index in [0.717, 1.165) is 0 Å². The monoisotopic (exact) mass is 455 g/mol. The molecule has 1 fully saturated rings. The Bertz CT molecular complexity index is 1190. The zero-order valence-electron chi connectivity index (χ0n) is 17.6. The van der Waals surface area contributed by atoms with Gasteiger partial charge in [0.25, 0.3) is 0 Å². The number of ether oxygens (including phenoxy) is 3. The summed E-state index contributed by atoms with van der Waals surface area (Å²) in [5.74, 6) is 0.532. The molecule has 5 rings (SSSR count). The quantitative estimate of drug-likeness (QED) is 0.606. The van der Waals surface area contributed by atoms with Gasteiger partial charge >= 0.3 is 0 Å². The van der Waals surface area contributed by atoms with Gasteiger partial charge in [-0.2, -0.15) is 0 Å². The van der Waals surface area contributed by atoms with Gasteiger partial charge in [-0.3, -0.25) is 0 Å². The van der Waals surface area contributed by atoms with Crippen molar-refractivity contribution in [3.05, 3.63) is 88.2 Å². The highest BCUT2D eigenvalue weighted by Gasteiger charge is 2.72. The van der Waals surface area contributed by atoms with Crippen molar-refractivity contribution < 1.29 is 23.7 Å². The average molecular weight is 456 g/mol. The molecule has 1 aliphatic heterocycles. The third-order valence-electron chi connectivity index (χ3n) is 6.75. The number of hydrogen-bond donors (Lipinski definition) is 2. The summed E-state index contributed by atoms with van der Waals surface area (Å²) in [6.07, 6.45) is 0.372. The minimum absolute atomic E-state index is 0.368. The predicted molar refractivity (Wildman–Crippen MR) is 119 cm³/mol. The van der Waals surface area contributed by atoms with Crippen molar-refractivity contribution in [3.63, 3.8) is 0 Å². The molecule has 4 unspecified atom stereocenters. The summed E-state index contributed by atoms with van der Waals surface area (Å²) in [7, 11) is 3.06. The Morgan fingerprint density at radius 2 is 1.84 bits per heavy atom. The smallest absolute Gasteiger partial charge is 0.175 e. The maximum atomic E-state index is 14.2. The standard InChI is InChI=1S/C25H23ClFNO4/c1-30-18-11-20(31-2)23-21(12-18)32-25(15-6-8-16(26)9-7-15)19(13-22(28)24(23,25)29)14-4-3-5-17(27)10-14/h3-12,19,22,29H,13,28H2,1-2H3. The minimum atomic E-state index is -1.65. The van der Waals surface area contributed by atoms with Gasteiger partial charge in [-0.25, -0.2) is 4.39 Å². The zero-order chi connectivity index (χ0) is 22.7. The van der Waals surface area contributed by atoms with Crippen LogP contribution in [0.1, 0.15) is 29.0 Å². The lowest BCUT2D eigenvalue weighted by Gasteiger charge is -2.41. The van der Waals surface area contributed by atoms with E-state index < -0.39 is 23.2 Å². The van der Waals surface area contributed by atoms with Gasteiger partial charge in [0, 0.05) is 29.1 Å².